The van der Waals surface area contributed by atoms with Crippen molar-refractivity contribution in [2.45, 2.75) is 18.4 Å². The van der Waals surface area contributed by atoms with Gasteiger partial charge in [0.05, 0.1) is 16.4 Å². The van der Waals surface area contributed by atoms with Gasteiger partial charge in [-0.05, 0) is 42.1 Å². The lowest BCUT2D eigenvalue weighted by Gasteiger charge is -2.11. The minimum atomic E-state index is -3.85. The van der Waals surface area contributed by atoms with Gasteiger partial charge in [0, 0.05) is 17.6 Å². The predicted molar refractivity (Wildman–Crippen MR) is 108 cm³/mol. The van der Waals surface area contributed by atoms with E-state index < -0.39 is 10.0 Å². The second-order valence-electron chi connectivity index (χ2n) is 5.69. The Kier molecular flexibility index (Phi) is 6.02. The van der Waals surface area contributed by atoms with Crippen molar-refractivity contribution in [2.24, 2.45) is 0 Å². The van der Waals surface area contributed by atoms with Gasteiger partial charge in [0.2, 0.25) is 10.0 Å². The van der Waals surface area contributed by atoms with Crippen LogP contribution in [0.5, 0.6) is 0 Å². The fourth-order valence-corrected chi connectivity index (χ4v) is 4.91. The first kappa shape index (κ1) is 20.0. The van der Waals surface area contributed by atoms with Gasteiger partial charge in [0.25, 0.3) is 5.56 Å². The van der Waals surface area contributed by atoms with Gasteiger partial charge < -0.3 is 0 Å². The first-order chi connectivity index (χ1) is 12.8. The van der Waals surface area contributed by atoms with Crippen LogP contribution in [0, 0.1) is 6.92 Å². The highest BCUT2D eigenvalue weighted by Gasteiger charge is 2.19. The number of nitrogens with zero attached hydrogens (tertiary/aromatic N) is 2. The van der Waals surface area contributed by atoms with E-state index in [-0.39, 0.29) is 28.6 Å². The summed E-state index contributed by atoms with van der Waals surface area (Å²) in [6.07, 6.45) is 0. The lowest BCUT2D eigenvalue weighted by Crippen LogP contribution is -2.32. The van der Waals surface area contributed by atoms with E-state index in [0.717, 1.165) is 4.88 Å². The number of benzene rings is 1. The van der Waals surface area contributed by atoms with Crippen LogP contribution < -0.4 is 10.3 Å². The molecule has 1 N–H and O–H groups in total. The normalized spacial score (nSPS) is 11.7. The van der Waals surface area contributed by atoms with Crippen molar-refractivity contribution in [1.29, 1.82) is 0 Å². The zero-order valence-corrected chi connectivity index (χ0v) is 17.3. The number of thiophene rings is 1. The van der Waals surface area contributed by atoms with Crippen LogP contribution in [-0.2, 0) is 16.6 Å². The number of aromatic nitrogens is 2. The Bertz CT molecular complexity index is 1130. The molecule has 2 aromatic heterocycles. The number of sulfonamides is 1. The number of hydrogen-bond donors (Lipinski definition) is 1. The molecule has 3 aromatic rings. The lowest BCUT2D eigenvalue weighted by atomic mass is 10.2. The third-order valence-electron chi connectivity index (χ3n) is 3.76. The third-order valence-corrected chi connectivity index (χ3v) is 6.98. The van der Waals surface area contributed by atoms with Crippen LogP contribution >= 0.6 is 34.5 Å². The number of hydrogen-bond acceptors (Lipinski definition) is 5. The van der Waals surface area contributed by atoms with E-state index in [1.54, 1.807) is 13.0 Å². The molecule has 1 aromatic carbocycles. The van der Waals surface area contributed by atoms with Gasteiger partial charge in [-0.2, -0.15) is 5.10 Å². The molecule has 0 saturated carbocycles. The fraction of sp³-hybridized carbons (Fsp3) is 0.176. The molecule has 27 heavy (non-hydrogen) atoms. The third kappa shape index (κ3) is 4.59. The van der Waals surface area contributed by atoms with Crippen LogP contribution in [0.2, 0.25) is 10.0 Å². The molecule has 0 fully saturated rings. The molecule has 0 bridgehead atoms. The van der Waals surface area contributed by atoms with Crippen molar-refractivity contribution >= 4 is 44.6 Å². The summed E-state index contributed by atoms with van der Waals surface area (Å²) in [5.41, 5.74) is 0.946. The minimum Gasteiger partial charge on any atom is -0.268 e. The van der Waals surface area contributed by atoms with E-state index in [0.29, 0.717) is 16.3 Å². The molecule has 142 valence electrons. The molecule has 0 saturated heterocycles. The summed E-state index contributed by atoms with van der Waals surface area (Å²) in [5, 5.41) is 6.63. The molecular weight excluding hydrogens is 429 g/mol. The molecule has 0 spiro atoms. The Hall–Kier alpha value is -1.71. The summed E-state index contributed by atoms with van der Waals surface area (Å²) in [4.78, 5) is 12.9. The van der Waals surface area contributed by atoms with Gasteiger partial charge >= 0.3 is 0 Å². The lowest BCUT2D eigenvalue weighted by molar-refractivity contribution is 0.549. The molecule has 0 unspecified atom stereocenters. The number of nitrogens with one attached hydrogen (secondary N) is 1. The second-order valence-corrected chi connectivity index (χ2v) is 9.18. The van der Waals surface area contributed by atoms with Crippen LogP contribution in [0.1, 0.15) is 5.56 Å². The molecule has 0 amide bonds. The van der Waals surface area contributed by atoms with Crippen molar-refractivity contribution in [3.05, 3.63) is 67.7 Å². The van der Waals surface area contributed by atoms with E-state index in [9.17, 15) is 13.2 Å². The Morgan fingerprint density at radius 1 is 1.19 bits per heavy atom. The van der Waals surface area contributed by atoms with Crippen LogP contribution in [0.3, 0.4) is 0 Å². The highest BCUT2D eigenvalue weighted by atomic mass is 35.5. The Morgan fingerprint density at radius 3 is 2.67 bits per heavy atom. The standard InChI is InChI=1S/C17H15Cl2N3O3S2/c1-11-9-16(13(19)10-12(11)18)27(24,25)20-6-7-22-17(23)5-4-14(21-22)15-3-2-8-26-15/h2-5,8-10,20H,6-7H2,1H3. The molecule has 0 atom stereocenters. The zero-order chi connectivity index (χ0) is 19.6. The Balaban J connectivity index is 1.75. The molecule has 0 aliphatic carbocycles. The van der Waals surface area contributed by atoms with E-state index in [2.05, 4.69) is 9.82 Å². The van der Waals surface area contributed by atoms with Crippen LogP contribution in [0.15, 0.2) is 51.5 Å². The maximum Gasteiger partial charge on any atom is 0.266 e. The summed E-state index contributed by atoms with van der Waals surface area (Å²) in [6, 6.07) is 9.65. The Morgan fingerprint density at radius 2 is 1.96 bits per heavy atom. The first-order valence-electron chi connectivity index (χ1n) is 7.85. The molecule has 0 radical (unpaired) electrons. The van der Waals surface area contributed by atoms with E-state index in [4.69, 9.17) is 23.2 Å². The molecule has 6 nitrogen and oxygen atoms in total. The van der Waals surface area contributed by atoms with Gasteiger partial charge in [-0.15, -0.1) is 11.3 Å². The molecule has 10 heteroatoms. The monoisotopic (exact) mass is 443 g/mol. The summed E-state index contributed by atoms with van der Waals surface area (Å²) >= 11 is 13.5. The molecule has 2 heterocycles. The predicted octanol–water partition coefficient (Wildman–Crippen LogP) is 3.57. The van der Waals surface area contributed by atoms with Crippen molar-refractivity contribution in [1.82, 2.24) is 14.5 Å². The van der Waals surface area contributed by atoms with Crippen LogP contribution in [0.4, 0.5) is 0 Å². The van der Waals surface area contributed by atoms with Gasteiger partial charge in [-0.25, -0.2) is 17.8 Å². The summed E-state index contributed by atoms with van der Waals surface area (Å²) < 4.78 is 28.7. The molecule has 3 rings (SSSR count). The van der Waals surface area contributed by atoms with E-state index in [1.807, 2.05) is 17.5 Å². The zero-order valence-electron chi connectivity index (χ0n) is 14.1. The van der Waals surface area contributed by atoms with Crippen LogP contribution in [0.25, 0.3) is 10.6 Å². The SMILES string of the molecule is Cc1cc(S(=O)(=O)NCCn2nc(-c3cccs3)ccc2=O)c(Cl)cc1Cl. The second kappa shape index (κ2) is 8.12. The highest BCUT2D eigenvalue weighted by Crippen LogP contribution is 2.28. The van der Waals surface area contributed by atoms with Crippen molar-refractivity contribution in [3.63, 3.8) is 0 Å². The maximum atomic E-state index is 12.5. The van der Waals surface area contributed by atoms with Gasteiger partial charge in [-0.1, -0.05) is 29.3 Å². The summed E-state index contributed by atoms with van der Waals surface area (Å²) in [5.74, 6) is 0. The summed E-state index contributed by atoms with van der Waals surface area (Å²) in [7, 11) is -3.85. The van der Waals surface area contributed by atoms with E-state index >= 15 is 0 Å². The molecule has 0 aliphatic heterocycles. The number of aryl methyl sites for hydroxylation is 1. The molecule has 0 aliphatic rings. The van der Waals surface area contributed by atoms with Gasteiger partial charge in [-0.3, -0.25) is 4.79 Å². The smallest absolute Gasteiger partial charge is 0.266 e. The van der Waals surface area contributed by atoms with E-state index in [1.165, 1.54) is 34.2 Å². The highest BCUT2D eigenvalue weighted by molar-refractivity contribution is 7.89. The first-order valence-corrected chi connectivity index (χ1v) is 11.0. The average molecular weight is 444 g/mol. The van der Waals surface area contributed by atoms with Crippen molar-refractivity contribution < 1.29 is 8.42 Å². The van der Waals surface area contributed by atoms with Crippen molar-refractivity contribution in [3.8, 4) is 10.6 Å². The van der Waals surface area contributed by atoms with Crippen LogP contribution in [-0.4, -0.2) is 24.7 Å². The average Bonchev–Trinajstić information content (AvgIpc) is 3.14. The fourth-order valence-electron chi connectivity index (χ4n) is 2.37. The topological polar surface area (TPSA) is 81.1 Å². The van der Waals surface area contributed by atoms with Gasteiger partial charge in [0.15, 0.2) is 0 Å². The van der Waals surface area contributed by atoms with Gasteiger partial charge in [0.1, 0.15) is 10.6 Å². The maximum absolute atomic E-state index is 12.5. The quantitative estimate of drug-likeness (QED) is 0.631. The number of rotatable bonds is 6. The number of halogens is 2. The minimum absolute atomic E-state index is 0.0128. The largest absolute Gasteiger partial charge is 0.268 e. The summed E-state index contributed by atoms with van der Waals surface area (Å²) in [6.45, 7) is 1.76. The van der Waals surface area contributed by atoms with Crippen molar-refractivity contribution in [2.75, 3.05) is 6.54 Å². The Labute approximate surface area is 170 Å². The molecular formula is C17H15Cl2N3O3S2.